The van der Waals surface area contributed by atoms with Crippen molar-refractivity contribution in [3.63, 3.8) is 0 Å². The number of hydrogen-bond acceptors (Lipinski definition) is 3. The summed E-state index contributed by atoms with van der Waals surface area (Å²) >= 11 is 0. The molecule has 0 saturated carbocycles. The van der Waals surface area contributed by atoms with Crippen molar-refractivity contribution >= 4 is 10.0 Å². The summed E-state index contributed by atoms with van der Waals surface area (Å²) in [5, 5.41) is 0. The van der Waals surface area contributed by atoms with Gasteiger partial charge in [-0.1, -0.05) is 6.07 Å². The highest BCUT2D eigenvalue weighted by Crippen LogP contribution is 2.25. The highest BCUT2D eigenvalue weighted by Gasteiger charge is 2.30. The average Bonchev–Trinajstić information content (AvgIpc) is 2.48. The largest absolute Gasteiger partial charge is 0.381 e. The maximum Gasteiger partial charge on any atom is 0.243 e. The first-order valence-corrected chi connectivity index (χ1v) is 9.04. The van der Waals surface area contributed by atoms with E-state index in [0.717, 1.165) is 24.0 Å². The molecule has 1 atom stereocenters. The van der Waals surface area contributed by atoms with Crippen molar-refractivity contribution in [1.82, 2.24) is 4.31 Å². The first-order valence-electron chi connectivity index (χ1n) is 7.60. The maximum absolute atomic E-state index is 12.8. The van der Waals surface area contributed by atoms with Gasteiger partial charge in [0.2, 0.25) is 10.0 Å². The van der Waals surface area contributed by atoms with Crippen LogP contribution in [0.25, 0.3) is 0 Å². The van der Waals surface area contributed by atoms with E-state index in [-0.39, 0.29) is 0 Å². The Morgan fingerprint density at radius 2 is 2.05 bits per heavy atom. The zero-order chi connectivity index (χ0) is 15.5. The Morgan fingerprint density at radius 1 is 1.29 bits per heavy atom. The lowest BCUT2D eigenvalue weighted by Gasteiger charge is -2.31. The van der Waals surface area contributed by atoms with Crippen LogP contribution >= 0.6 is 0 Å². The van der Waals surface area contributed by atoms with E-state index < -0.39 is 10.0 Å². The van der Waals surface area contributed by atoms with Crippen LogP contribution in [0.4, 0.5) is 0 Å². The van der Waals surface area contributed by atoms with Crippen LogP contribution in [-0.4, -0.2) is 39.0 Å². The van der Waals surface area contributed by atoms with Crippen LogP contribution in [0.5, 0.6) is 0 Å². The third-order valence-corrected chi connectivity index (χ3v) is 6.02. The number of piperidine rings is 1. The molecule has 1 aromatic carbocycles. The highest BCUT2D eigenvalue weighted by atomic mass is 32.2. The van der Waals surface area contributed by atoms with Gasteiger partial charge in [0, 0.05) is 19.7 Å². The number of nitrogens with zero attached hydrogens (tertiary/aromatic N) is 1. The number of benzene rings is 1. The van der Waals surface area contributed by atoms with Gasteiger partial charge in [0.15, 0.2) is 0 Å². The van der Waals surface area contributed by atoms with Crippen molar-refractivity contribution in [1.29, 1.82) is 0 Å². The molecule has 1 aromatic rings. The Kier molecular flexibility index (Phi) is 5.41. The molecular formula is C16H25NO3S. The van der Waals surface area contributed by atoms with Gasteiger partial charge in [-0.05, 0) is 62.8 Å². The summed E-state index contributed by atoms with van der Waals surface area (Å²) < 4.78 is 32.6. The molecule has 1 saturated heterocycles. The Morgan fingerprint density at radius 3 is 2.71 bits per heavy atom. The quantitative estimate of drug-likeness (QED) is 0.840. The van der Waals surface area contributed by atoms with Crippen molar-refractivity contribution in [2.45, 2.75) is 38.5 Å². The minimum atomic E-state index is -3.38. The summed E-state index contributed by atoms with van der Waals surface area (Å²) in [7, 11) is -3.38. The minimum Gasteiger partial charge on any atom is -0.381 e. The molecule has 0 amide bonds. The third kappa shape index (κ3) is 3.84. The molecule has 0 N–H and O–H groups in total. The van der Waals surface area contributed by atoms with Crippen molar-refractivity contribution in [3.05, 3.63) is 29.3 Å². The van der Waals surface area contributed by atoms with E-state index >= 15 is 0 Å². The van der Waals surface area contributed by atoms with E-state index in [1.807, 2.05) is 26.8 Å². The molecular weight excluding hydrogens is 286 g/mol. The van der Waals surface area contributed by atoms with Crippen LogP contribution in [0.15, 0.2) is 23.1 Å². The molecule has 5 heteroatoms. The molecule has 0 bridgehead atoms. The van der Waals surface area contributed by atoms with E-state index in [9.17, 15) is 8.42 Å². The number of sulfonamides is 1. The Labute approximate surface area is 128 Å². The van der Waals surface area contributed by atoms with E-state index in [1.54, 1.807) is 16.4 Å². The van der Waals surface area contributed by atoms with Crippen LogP contribution in [-0.2, 0) is 14.8 Å². The van der Waals surface area contributed by atoms with Gasteiger partial charge in [-0.3, -0.25) is 0 Å². The van der Waals surface area contributed by atoms with Gasteiger partial charge in [0.05, 0.1) is 11.5 Å². The fourth-order valence-electron chi connectivity index (χ4n) is 2.69. The van der Waals surface area contributed by atoms with Crippen LogP contribution in [0.2, 0.25) is 0 Å². The first-order chi connectivity index (χ1) is 9.95. The molecule has 1 fully saturated rings. The van der Waals surface area contributed by atoms with Gasteiger partial charge in [0.25, 0.3) is 0 Å². The van der Waals surface area contributed by atoms with Crippen molar-refractivity contribution < 1.29 is 13.2 Å². The molecule has 0 spiro atoms. The fraction of sp³-hybridized carbons (Fsp3) is 0.625. The molecule has 4 nitrogen and oxygen atoms in total. The van der Waals surface area contributed by atoms with E-state index in [2.05, 4.69) is 0 Å². The van der Waals surface area contributed by atoms with Crippen molar-refractivity contribution in [2.24, 2.45) is 5.92 Å². The zero-order valence-electron chi connectivity index (χ0n) is 13.1. The molecule has 0 aliphatic carbocycles. The molecule has 1 unspecified atom stereocenters. The number of hydrogen-bond donors (Lipinski definition) is 0. The lowest BCUT2D eigenvalue weighted by molar-refractivity contribution is 0.0864. The number of rotatable bonds is 5. The summed E-state index contributed by atoms with van der Waals surface area (Å²) in [6.07, 6.45) is 1.95. The second-order valence-electron chi connectivity index (χ2n) is 5.78. The Balaban J connectivity index is 2.16. The van der Waals surface area contributed by atoms with Crippen LogP contribution in [0.1, 0.15) is 30.9 Å². The summed E-state index contributed by atoms with van der Waals surface area (Å²) in [6.45, 7) is 8.41. The fourth-order valence-corrected chi connectivity index (χ4v) is 4.33. The summed E-state index contributed by atoms with van der Waals surface area (Å²) in [5.41, 5.74) is 2.13. The molecule has 1 aliphatic heterocycles. The van der Waals surface area contributed by atoms with Gasteiger partial charge in [-0.2, -0.15) is 4.31 Å². The summed E-state index contributed by atoms with van der Waals surface area (Å²) in [4.78, 5) is 0.405. The van der Waals surface area contributed by atoms with Crippen LogP contribution in [0, 0.1) is 19.8 Å². The molecule has 21 heavy (non-hydrogen) atoms. The second-order valence-corrected chi connectivity index (χ2v) is 7.71. The predicted molar refractivity (Wildman–Crippen MR) is 83.9 cm³/mol. The zero-order valence-corrected chi connectivity index (χ0v) is 13.9. The smallest absolute Gasteiger partial charge is 0.243 e. The third-order valence-electron chi connectivity index (χ3n) is 4.16. The van der Waals surface area contributed by atoms with Gasteiger partial charge >= 0.3 is 0 Å². The van der Waals surface area contributed by atoms with Crippen LogP contribution in [0.3, 0.4) is 0 Å². The van der Waals surface area contributed by atoms with Gasteiger partial charge in [0.1, 0.15) is 0 Å². The van der Waals surface area contributed by atoms with Gasteiger partial charge in [-0.25, -0.2) is 8.42 Å². The average molecular weight is 311 g/mol. The number of aryl methyl sites for hydroxylation is 2. The summed E-state index contributed by atoms with van der Waals surface area (Å²) in [6, 6.07) is 5.37. The second kappa shape index (κ2) is 6.90. The lowest BCUT2D eigenvalue weighted by atomic mass is 10.0. The SMILES string of the molecule is CCOCC1CCCN(S(=O)(=O)c2ccc(C)c(C)c2)C1. The predicted octanol–water partition coefficient (Wildman–Crippen LogP) is 2.74. The molecule has 0 radical (unpaired) electrons. The molecule has 1 aliphatic rings. The van der Waals surface area contributed by atoms with Crippen LogP contribution < -0.4 is 0 Å². The van der Waals surface area contributed by atoms with Crippen molar-refractivity contribution in [3.8, 4) is 0 Å². The van der Waals surface area contributed by atoms with E-state index in [1.165, 1.54) is 0 Å². The molecule has 1 heterocycles. The summed E-state index contributed by atoms with van der Waals surface area (Å²) in [5.74, 6) is 0.306. The molecule has 118 valence electrons. The number of ether oxygens (including phenoxy) is 1. The highest BCUT2D eigenvalue weighted by molar-refractivity contribution is 7.89. The van der Waals surface area contributed by atoms with Gasteiger partial charge in [-0.15, -0.1) is 0 Å². The topological polar surface area (TPSA) is 46.6 Å². The van der Waals surface area contributed by atoms with Gasteiger partial charge < -0.3 is 4.74 Å². The van der Waals surface area contributed by atoms with E-state index in [4.69, 9.17) is 4.74 Å². The lowest BCUT2D eigenvalue weighted by Crippen LogP contribution is -2.41. The van der Waals surface area contributed by atoms with E-state index in [0.29, 0.717) is 37.1 Å². The Hall–Kier alpha value is -0.910. The monoisotopic (exact) mass is 311 g/mol. The standard InChI is InChI=1S/C16H25NO3S/c1-4-20-12-15-6-5-9-17(11-15)21(18,19)16-8-7-13(2)14(3)10-16/h7-8,10,15H,4-6,9,11-12H2,1-3H3. The minimum absolute atomic E-state index is 0.306. The Bertz CT molecular complexity index is 583. The normalized spacial score (nSPS) is 20.6. The van der Waals surface area contributed by atoms with Crippen molar-refractivity contribution in [2.75, 3.05) is 26.3 Å². The first kappa shape index (κ1) is 16.5. The maximum atomic E-state index is 12.8. The molecule has 0 aromatic heterocycles. The molecule has 2 rings (SSSR count).